The highest BCUT2D eigenvalue weighted by atomic mass is 35.5. The van der Waals surface area contributed by atoms with Crippen LogP contribution >= 0.6 is 11.6 Å². The third-order valence-electron chi connectivity index (χ3n) is 5.61. The van der Waals surface area contributed by atoms with Crippen LogP contribution in [0.15, 0.2) is 83.5 Å². The van der Waals surface area contributed by atoms with E-state index in [4.69, 9.17) is 26.2 Å². The molecule has 8 nitrogen and oxygen atoms in total. The number of hydrogen-bond acceptors (Lipinski definition) is 8. The fraction of sp³-hybridized carbons (Fsp3) is 0.172. The zero-order valence-corrected chi connectivity index (χ0v) is 22.7. The van der Waals surface area contributed by atoms with Gasteiger partial charge >= 0.3 is 0 Å². The highest BCUT2D eigenvalue weighted by Crippen LogP contribution is 2.32. The maximum absolute atomic E-state index is 13.5. The van der Waals surface area contributed by atoms with Crippen molar-refractivity contribution in [3.8, 4) is 17.1 Å². The van der Waals surface area contributed by atoms with E-state index < -0.39 is 28.6 Å². The molecular weight excluding hydrogens is 555 g/mol. The van der Waals surface area contributed by atoms with Crippen molar-refractivity contribution in [1.82, 2.24) is 15.3 Å². The zero-order chi connectivity index (χ0) is 31.7. The topological polar surface area (TPSA) is 106 Å². The van der Waals surface area contributed by atoms with Gasteiger partial charge < -0.3 is 19.8 Å². The summed E-state index contributed by atoms with van der Waals surface area (Å²) >= 11 is 6.45. The number of nitrogens with zero attached hydrogens (tertiary/aromatic N) is 2. The summed E-state index contributed by atoms with van der Waals surface area (Å²) in [6.45, 7) is -4.91. The number of sulfone groups is 1. The monoisotopic (exact) mass is 584 g/mol. The molecule has 2 aromatic heterocycles. The molecule has 0 fully saturated rings. The Bertz CT molecular complexity index is 1940. The van der Waals surface area contributed by atoms with Crippen LogP contribution in [0.5, 0.6) is 5.75 Å². The second-order valence-corrected chi connectivity index (χ2v) is 11.4. The molecule has 0 aliphatic heterocycles. The summed E-state index contributed by atoms with van der Waals surface area (Å²) in [6.07, 6.45) is 2.27. The minimum Gasteiger partial charge on any atom is -0.487 e. The van der Waals surface area contributed by atoms with E-state index in [1.54, 1.807) is 48.5 Å². The van der Waals surface area contributed by atoms with Gasteiger partial charge in [0.25, 0.3) is 0 Å². The first-order valence-corrected chi connectivity index (χ1v) is 14.4. The lowest BCUT2D eigenvalue weighted by Crippen LogP contribution is -2.21. The largest absolute Gasteiger partial charge is 0.487 e. The predicted octanol–water partition coefficient (Wildman–Crippen LogP) is 6.14. The molecule has 0 saturated heterocycles. The van der Waals surface area contributed by atoms with Crippen LogP contribution in [0.2, 0.25) is 5.02 Å². The number of nitrogens with one attached hydrogen (secondary N) is 2. The van der Waals surface area contributed by atoms with Crippen molar-refractivity contribution in [2.45, 2.75) is 13.1 Å². The quantitative estimate of drug-likeness (QED) is 0.191. The molecule has 0 saturated carbocycles. The Hall–Kier alpha value is -3.99. The Labute approximate surface area is 241 Å². The van der Waals surface area contributed by atoms with Crippen LogP contribution in [0.25, 0.3) is 22.2 Å². The lowest BCUT2D eigenvalue weighted by Gasteiger charge is -2.12. The number of fused-ring (bicyclic) bond motifs is 1. The third kappa shape index (κ3) is 7.15. The first-order chi connectivity index (χ1) is 20.7. The third-order valence-corrected chi connectivity index (χ3v) is 6.58. The number of hydrogen-bond donors (Lipinski definition) is 2. The van der Waals surface area contributed by atoms with Gasteiger partial charge in [0.2, 0.25) is 0 Å². The Morgan fingerprint density at radius 3 is 2.75 bits per heavy atom. The van der Waals surface area contributed by atoms with E-state index in [0.29, 0.717) is 44.3 Å². The molecule has 0 aliphatic rings. The van der Waals surface area contributed by atoms with Gasteiger partial charge in [-0.2, -0.15) is 0 Å². The first kappa shape index (κ1) is 22.8. The molecule has 0 radical (unpaired) electrons. The Morgan fingerprint density at radius 2 is 1.95 bits per heavy atom. The van der Waals surface area contributed by atoms with E-state index in [0.717, 1.165) is 6.26 Å². The molecule has 11 heteroatoms. The summed E-state index contributed by atoms with van der Waals surface area (Å²) in [5.41, 5.74) is 2.46. The predicted molar refractivity (Wildman–Crippen MR) is 154 cm³/mol. The number of halogens is 2. The molecule has 5 aromatic rings. The van der Waals surface area contributed by atoms with Crippen LogP contribution in [-0.4, -0.2) is 36.9 Å². The van der Waals surface area contributed by atoms with Gasteiger partial charge in [-0.25, -0.2) is 22.8 Å². The molecule has 5 rings (SSSR count). The Morgan fingerprint density at radius 1 is 1.07 bits per heavy atom. The van der Waals surface area contributed by atoms with E-state index in [-0.39, 0.29) is 23.9 Å². The lowest BCUT2D eigenvalue weighted by molar-refractivity contribution is 0.306. The number of furan rings is 1. The molecule has 40 heavy (non-hydrogen) atoms. The van der Waals surface area contributed by atoms with Crippen molar-refractivity contribution >= 4 is 43.8 Å². The number of aromatic nitrogens is 2. The van der Waals surface area contributed by atoms with Crippen molar-refractivity contribution in [3.05, 3.63) is 101 Å². The van der Waals surface area contributed by atoms with Gasteiger partial charge in [0.15, 0.2) is 0 Å². The highest BCUT2D eigenvalue weighted by Gasteiger charge is 2.11. The van der Waals surface area contributed by atoms with E-state index in [2.05, 4.69) is 20.6 Å². The Balaban J connectivity index is 1.35. The van der Waals surface area contributed by atoms with Gasteiger partial charge in [0.05, 0.1) is 25.5 Å². The molecule has 0 bridgehead atoms. The maximum atomic E-state index is 13.5. The van der Waals surface area contributed by atoms with Crippen LogP contribution in [0.4, 0.5) is 15.9 Å². The normalized spacial score (nSPS) is 13.8. The summed E-state index contributed by atoms with van der Waals surface area (Å²) in [6, 6.07) is 19.3. The van der Waals surface area contributed by atoms with Crippen molar-refractivity contribution in [2.75, 3.05) is 23.8 Å². The molecule has 0 unspecified atom stereocenters. The van der Waals surface area contributed by atoms with Crippen molar-refractivity contribution in [3.63, 3.8) is 0 Å². The van der Waals surface area contributed by atoms with Crippen molar-refractivity contribution < 1.29 is 27.4 Å². The average Bonchev–Trinajstić information content (AvgIpc) is 3.42. The van der Waals surface area contributed by atoms with Gasteiger partial charge in [0.1, 0.15) is 51.7 Å². The van der Waals surface area contributed by atoms with E-state index in [9.17, 15) is 12.8 Å². The van der Waals surface area contributed by atoms with E-state index in [1.807, 2.05) is 0 Å². The second kappa shape index (κ2) is 12.0. The van der Waals surface area contributed by atoms with E-state index in [1.165, 1.54) is 30.6 Å². The molecule has 0 atom stereocenters. The van der Waals surface area contributed by atoms with E-state index >= 15 is 0 Å². The summed E-state index contributed by atoms with van der Waals surface area (Å²) in [5.74, 6) is -0.337. The molecule has 2 N–H and O–H groups in total. The summed E-state index contributed by atoms with van der Waals surface area (Å²) in [5, 5.41) is 6.26. The molecule has 2 heterocycles. The summed E-state index contributed by atoms with van der Waals surface area (Å²) in [7, 11) is -3.72. The van der Waals surface area contributed by atoms with Crippen LogP contribution in [0, 0.1) is 5.82 Å². The van der Waals surface area contributed by atoms with Crippen LogP contribution in [0.1, 0.15) is 16.8 Å². The SMILES string of the molecule is [2H]C([2H])(CS(C)(=O)=O)NC([2H])([2H])c1ccc(-c2ccc3ncnc(Nc4ccc(OCc5cccc(F)c5)c(Cl)c4)c3c2)o1. The smallest absolute Gasteiger partial charge is 0.148 e. The molecule has 0 spiro atoms. The van der Waals surface area contributed by atoms with Gasteiger partial charge in [-0.05, 0) is 66.2 Å². The minimum absolute atomic E-state index is 0.142. The minimum atomic E-state index is -3.72. The number of anilines is 2. The van der Waals surface area contributed by atoms with Crippen LogP contribution in [-0.2, 0) is 22.9 Å². The van der Waals surface area contributed by atoms with Crippen molar-refractivity contribution in [1.29, 1.82) is 0 Å². The summed E-state index contributed by atoms with van der Waals surface area (Å²) < 4.78 is 80.4. The molecule has 0 amide bonds. The Kier molecular flexibility index (Phi) is 6.86. The highest BCUT2D eigenvalue weighted by molar-refractivity contribution is 7.90. The van der Waals surface area contributed by atoms with Gasteiger partial charge in [-0.3, -0.25) is 0 Å². The molecule has 3 aromatic carbocycles. The van der Waals surface area contributed by atoms with Gasteiger partial charge in [0, 0.05) is 32.1 Å². The number of benzene rings is 3. The van der Waals surface area contributed by atoms with Gasteiger partial charge in [-0.15, -0.1) is 0 Å². The van der Waals surface area contributed by atoms with Gasteiger partial charge in [-0.1, -0.05) is 23.7 Å². The number of rotatable bonds is 11. The van der Waals surface area contributed by atoms with Crippen molar-refractivity contribution in [2.24, 2.45) is 0 Å². The van der Waals surface area contributed by atoms with Crippen LogP contribution < -0.4 is 15.4 Å². The van der Waals surface area contributed by atoms with Crippen LogP contribution in [0.3, 0.4) is 0 Å². The second-order valence-electron chi connectivity index (χ2n) is 8.80. The molecule has 206 valence electrons. The molecular formula is C29H26ClFN4O4S. The lowest BCUT2D eigenvalue weighted by atomic mass is 10.1. The summed E-state index contributed by atoms with van der Waals surface area (Å²) in [4.78, 5) is 8.67. The average molecular weight is 585 g/mol. The first-order valence-electron chi connectivity index (χ1n) is 13.9. The standard InChI is InChI=1S/C29H26ClFN4O4S/c1-40(36,37)12-11-32-16-23-7-10-27(39-23)20-5-8-26-24(14-20)29(34-18-33-26)35-22-6-9-28(25(30)15-22)38-17-19-3-2-4-21(31)13-19/h2-10,13-15,18,32H,11-12,16-17H2,1H3,(H,33,34,35)/i11D2,16D2. The maximum Gasteiger partial charge on any atom is 0.148 e. The number of ether oxygens (including phenoxy) is 1. The zero-order valence-electron chi connectivity index (χ0n) is 25.1. The molecule has 0 aliphatic carbocycles. The fourth-order valence-corrected chi connectivity index (χ4v) is 4.33. The fourth-order valence-electron chi connectivity index (χ4n) is 3.76.